The van der Waals surface area contributed by atoms with Crippen molar-refractivity contribution < 1.29 is 14.0 Å². The van der Waals surface area contributed by atoms with Gasteiger partial charge in [0.05, 0.1) is 11.6 Å². The Morgan fingerprint density at radius 1 is 1.28 bits per heavy atom. The van der Waals surface area contributed by atoms with Crippen LogP contribution in [0.25, 0.3) is 0 Å². The van der Waals surface area contributed by atoms with Gasteiger partial charge in [-0.05, 0) is 56.6 Å². The van der Waals surface area contributed by atoms with Crippen LogP contribution in [0.4, 0.5) is 15.9 Å². The van der Waals surface area contributed by atoms with Crippen LogP contribution in [0.2, 0.25) is 0 Å². The first kappa shape index (κ1) is 21.4. The van der Waals surface area contributed by atoms with Crippen molar-refractivity contribution in [1.82, 2.24) is 9.88 Å². The molecule has 154 valence electrons. The minimum absolute atomic E-state index is 0.0471. The normalized spacial score (nSPS) is 17.0. The Morgan fingerprint density at radius 2 is 2.10 bits per heavy atom. The van der Waals surface area contributed by atoms with E-state index in [2.05, 4.69) is 36.4 Å². The number of benzene rings is 1. The van der Waals surface area contributed by atoms with Gasteiger partial charge >= 0.3 is 0 Å². The number of anilines is 2. The third-order valence-corrected chi connectivity index (χ3v) is 5.37. The van der Waals surface area contributed by atoms with Gasteiger partial charge in [-0.1, -0.05) is 22.0 Å². The first-order valence-corrected chi connectivity index (χ1v) is 10.4. The minimum atomic E-state index is -0.479. The zero-order valence-electron chi connectivity index (χ0n) is 16.3. The number of nitrogens with zero attached hydrogens (tertiary/aromatic N) is 2. The molecule has 1 atom stereocenters. The van der Waals surface area contributed by atoms with Crippen LogP contribution >= 0.6 is 15.9 Å². The summed E-state index contributed by atoms with van der Waals surface area (Å²) in [5.41, 5.74) is 1.01. The van der Waals surface area contributed by atoms with E-state index in [1.54, 1.807) is 12.1 Å². The summed E-state index contributed by atoms with van der Waals surface area (Å²) < 4.78 is 14.5. The summed E-state index contributed by atoms with van der Waals surface area (Å²) in [6, 6.07) is 10.0. The van der Waals surface area contributed by atoms with Crippen molar-refractivity contribution in [2.24, 2.45) is 5.92 Å². The summed E-state index contributed by atoms with van der Waals surface area (Å²) >= 11 is 3.19. The number of carbonyl (C=O) groups excluding carboxylic acids is 2. The quantitative estimate of drug-likeness (QED) is 0.680. The Morgan fingerprint density at radius 3 is 2.86 bits per heavy atom. The predicted molar refractivity (Wildman–Crippen MR) is 114 cm³/mol. The minimum Gasteiger partial charge on any atom is -0.324 e. The lowest BCUT2D eigenvalue weighted by molar-refractivity contribution is -0.121. The molecule has 6 nitrogen and oxygen atoms in total. The van der Waals surface area contributed by atoms with Gasteiger partial charge in [0, 0.05) is 29.7 Å². The molecule has 1 aromatic carbocycles. The fraction of sp³-hybridized carbons (Fsp3) is 0.381. The Bertz CT molecular complexity index is 893. The zero-order chi connectivity index (χ0) is 20.8. The maximum absolute atomic E-state index is 13.8. The maximum atomic E-state index is 13.8. The lowest BCUT2D eigenvalue weighted by Gasteiger charge is -2.31. The molecule has 8 heteroatoms. The van der Waals surface area contributed by atoms with Crippen LogP contribution in [0.5, 0.6) is 0 Å². The molecule has 2 heterocycles. The molecule has 1 unspecified atom stereocenters. The van der Waals surface area contributed by atoms with Gasteiger partial charge in [-0.15, -0.1) is 0 Å². The molecule has 29 heavy (non-hydrogen) atoms. The van der Waals surface area contributed by atoms with Crippen LogP contribution in [-0.4, -0.2) is 41.3 Å². The lowest BCUT2D eigenvalue weighted by Crippen LogP contribution is -2.41. The number of carbonyl (C=O) groups is 2. The average molecular weight is 463 g/mol. The fourth-order valence-electron chi connectivity index (χ4n) is 3.38. The summed E-state index contributed by atoms with van der Waals surface area (Å²) in [7, 11) is 0. The number of aromatic nitrogens is 1. The average Bonchev–Trinajstić information content (AvgIpc) is 2.69. The number of hydrogen-bond acceptors (Lipinski definition) is 4. The van der Waals surface area contributed by atoms with Crippen molar-refractivity contribution in [3.63, 3.8) is 0 Å². The van der Waals surface area contributed by atoms with E-state index in [9.17, 15) is 14.0 Å². The van der Waals surface area contributed by atoms with E-state index >= 15 is 0 Å². The van der Waals surface area contributed by atoms with Crippen molar-refractivity contribution in [1.29, 1.82) is 0 Å². The molecular weight excluding hydrogens is 439 g/mol. The van der Waals surface area contributed by atoms with E-state index in [0.29, 0.717) is 23.4 Å². The van der Waals surface area contributed by atoms with Gasteiger partial charge in [0.25, 0.3) is 0 Å². The van der Waals surface area contributed by atoms with Gasteiger partial charge < -0.3 is 15.5 Å². The molecule has 1 aromatic heterocycles. The molecule has 1 aliphatic heterocycles. The number of pyridine rings is 1. The Kier molecular flexibility index (Phi) is 7.33. The largest absolute Gasteiger partial charge is 0.324 e. The Labute approximate surface area is 178 Å². The molecule has 0 saturated carbocycles. The van der Waals surface area contributed by atoms with E-state index in [1.807, 2.05) is 19.1 Å². The Balaban J connectivity index is 1.47. The Hall–Kier alpha value is -2.32. The third-order valence-electron chi connectivity index (χ3n) is 4.88. The molecule has 1 fully saturated rings. The highest BCUT2D eigenvalue weighted by atomic mass is 79.9. The van der Waals surface area contributed by atoms with Gasteiger partial charge in [-0.2, -0.15) is 0 Å². The van der Waals surface area contributed by atoms with Gasteiger partial charge in [0.2, 0.25) is 11.8 Å². The fourth-order valence-corrected chi connectivity index (χ4v) is 3.71. The van der Waals surface area contributed by atoms with E-state index in [-0.39, 0.29) is 29.8 Å². The lowest BCUT2D eigenvalue weighted by atomic mass is 9.97. The first-order valence-electron chi connectivity index (χ1n) is 9.62. The van der Waals surface area contributed by atoms with E-state index in [0.717, 1.165) is 25.1 Å². The van der Waals surface area contributed by atoms with Gasteiger partial charge in [-0.25, -0.2) is 9.37 Å². The van der Waals surface area contributed by atoms with Crippen LogP contribution in [0, 0.1) is 18.7 Å². The van der Waals surface area contributed by atoms with Gasteiger partial charge in [0.15, 0.2) is 0 Å². The smallest absolute Gasteiger partial charge is 0.229 e. The molecule has 2 aromatic rings. The highest BCUT2D eigenvalue weighted by molar-refractivity contribution is 9.10. The zero-order valence-corrected chi connectivity index (χ0v) is 17.8. The number of piperidine rings is 1. The molecular formula is C21H24BrFN4O2. The molecule has 0 bridgehead atoms. The summed E-state index contributed by atoms with van der Waals surface area (Å²) in [6.45, 7) is 3.84. The van der Waals surface area contributed by atoms with Crippen molar-refractivity contribution in [3.8, 4) is 0 Å². The van der Waals surface area contributed by atoms with E-state index < -0.39 is 5.82 Å². The van der Waals surface area contributed by atoms with Gasteiger partial charge in [-0.3, -0.25) is 9.59 Å². The number of hydrogen-bond donors (Lipinski definition) is 2. The first-order chi connectivity index (χ1) is 13.9. The monoisotopic (exact) mass is 462 g/mol. The standard InChI is InChI=1S/C21H24BrFN4O2/c1-14-4-2-6-19(24-14)26-21(29)15-5-3-10-27(13-15)11-9-20(28)25-18-8-7-16(22)12-17(18)23/h2,4,6-8,12,15H,3,5,9-11,13H2,1H3,(H,25,28)(H,24,26,29). The topological polar surface area (TPSA) is 74.3 Å². The van der Waals surface area contributed by atoms with Crippen molar-refractivity contribution >= 4 is 39.2 Å². The summed E-state index contributed by atoms with van der Waals surface area (Å²) in [4.78, 5) is 31.2. The second kappa shape index (κ2) is 9.93. The third kappa shape index (κ3) is 6.33. The summed E-state index contributed by atoms with van der Waals surface area (Å²) in [5, 5.41) is 5.48. The molecule has 1 saturated heterocycles. The molecule has 2 N–H and O–H groups in total. The van der Waals surface area contributed by atoms with Crippen LogP contribution in [0.15, 0.2) is 40.9 Å². The number of rotatable bonds is 6. The van der Waals surface area contributed by atoms with Crippen LogP contribution < -0.4 is 10.6 Å². The van der Waals surface area contributed by atoms with E-state index in [4.69, 9.17) is 0 Å². The van der Waals surface area contributed by atoms with Crippen LogP contribution in [0.3, 0.4) is 0 Å². The predicted octanol–water partition coefficient (Wildman–Crippen LogP) is 3.97. The van der Waals surface area contributed by atoms with Crippen molar-refractivity contribution in [2.45, 2.75) is 26.2 Å². The second-order valence-electron chi connectivity index (χ2n) is 7.22. The van der Waals surface area contributed by atoms with E-state index in [1.165, 1.54) is 12.1 Å². The number of aryl methyl sites for hydroxylation is 1. The van der Waals surface area contributed by atoms with Gasteiger partial charge in [0.1, 0.15) is 11.6 Å². The molecule has 0 aliphatic carbocycles. The van der Waals surface area contributed by atoms with Crippen LogP contribution in [-0.2, 0) is 9.59 Å². The molecule has 1 aliphatic rings. The second-order valence-corrected chi connectivity index (χ2v) is 8.13. The molecule has 0 spiro atoms. The maximum Gasteiger partial charge on any atom is 0.229 e. The molecule has 3 rings (SSSR count). The SMILES string of the molecule is Cc1cccc(NC(=O)C2CCCN(CCC(=O)Nc3ccc(Br)cc3F)C2)n1. The van der Waals surface area contributed by atoms with Crippen molar-refractivity contribution in [3.05, 3.63) is 52.4 Å². The highest BCUT2D eigenvalue weighted by Gasteiger charge is 2.26. The number of likely N-dealkylation sites (tertiary alicyclic amines) is 1. The number of halogens is 2. The van der Waals surface area contributed by atoms with Crippen LogP contribution in [0.1, 0.15) is 25.0 Å². The summed E-state index contributed by atoms with van der Waals surface area (Å²) in [5.74, 6) is -0.357. The highest BCUT2D eigenvalue weighted by Crippen LogP contribution is 2.21. The number of nitrogens with one attached hydrogen (secondary N) is 2. The number of amides is 2. The summed E-state index contributed by atoms with van der Waals surface area (Å²) in [6.07, 6.45) is 1.94. The molecule has 0 radical (unpaired) electrons. The van der Waals surface area contributed by atoms with Crippen molar-refractivity contribution in [2.75, 3.05) is 30.3 Å². The molecule has 2 amide bonds.